The molecule has 0 N–H and O–H groups in total. The zero-order valence-electron chi connectivity index (χ0n) is 9.69. The summed E-state index contributed by atoms with van der Waals surface area (Å²) in [5, 5.41) is 8.73. The largest absolute Gasteiger partial charge is 0.337 e. The highest BCUT2D eigenvalue weighted by molar-refractivity contribution is 6.33. The van der Waals surface area contributed by atoms with E-state index in [-0.39, 0.29) is 12.0 Å². The number of nitrogens with zero attached hydrogens (tertiary/aromatic N) is 4. The molecule has 0 spiro atoms. The predicted molar refractivity (Wildman–Crippen MR) is 64.4 cm³/mol. The molecule has 0 aliphatic heterocycles. The minimum absolute atomic E-state index is 0.219. The fourth-order valence-corrected chi connectivity index (χ4v) is 1.90. The van der Waals surface area contributed by atoms with Crippen LogP contribution in [-0.4, -0.2) is 19.9 Å². The lowest BCUT2D eigenvalue weighted by Gasteiger charge is -2.07. The third-order valence-electron chi connectivity index (χ3n) is 2.36. The highest BCUT2D eigenvalue weighted by Gasteiger charge is 2.20. The average molecular weight is 275 g/mol. The van der Waals surface area contributed by atoms with E-state index in [9.17, 15) is 0 Å². The SMILES string of the molecule is CC(C)c1noc(C(C)n2nc(Cl)cc2Cl)n1. The molecule has 2 aromatic heterocycles. The van der Waals surface area contributed by atoms with E-state index in [4.69, 9.17) is 27.7 Å². The Morgan fingerprint density at radius 1 is 1.29 bits per heavy atom. The van der Waals surface area contributed by atoms with E-state index in [0.717, 1.165) is 0 Å². The van der Waals surface area contributed by atoms with Gasteiger partial charge in [-0.2, -0.15) is 10.1 Å². The Kier molecular flexibility index (Phi) is 3.40. The summed E-state index contributed by atoms with van der Waals surface area (Å²) in [7, 11) is 0. The van der Waals surface area contributed by atoms with Crippen molar-refractivity contribution in [2.45, 2.75) is 32.7 Å². The van der Waals surface area contributed by atoms with Gasteiger partial charge in [0.05, 0.1) is 0 Å². The fraction of sp³-hybridized carbons (Fsp3) is 0.500. The van der Waals surface area contributed by atoms with Crippen LogP contribution in [0.25, 0.3) is 0 Å². The van der Waals surface area contributed by atoms with Crippen LogP contribution in [0.5, 0.6) is 0 Å². The lowest BCUT2D eigenvalue weighted by molar-refractivity contribution is 0.332. The van der Waals surface area contributed by atoms with Crippen LogP contribution in [0.2, 0.25) is 10.3 Å². The van der Waals surface area contributed by atoms with Gasteiger partial charge < -0.3 is 4.52 Å². The van der Waals surface area contributed by atoms with Crippen molar-refractivity contribution in [3.8, 4) is 0 Å². The standard InChI is InChI=1S/C10H12Cl2N4O/c1-5(2)9-13-10(17-15-9)6(3)16-8(12)4-7(11)14-16/h4-6H,1-3H3. The molecule has 1 atom stereocenters. The molecule has 0 radical (unpaired) electrons. The van der Waals surface area contributed by atoms with E-state index in [2.05, 4.69) is 15.2 Å². The highest BCUT2D eigenvalue weighted by Crippen LogP contribution is 2.24. The van der Waals surface area contributed by atoms with Crippen molar-refractivity contribution in [2.24, 2.45) is 0 Å². The monoisotopic (exact) mass is 274 g/mol. The zero-order chi connectivity index (χ0) is 12.6. The van der Waals surface area contributed by atoms with Gasteiger partial charge in [-0.1, -0.05) is 42.2 Å². The normalized spacial score (nSPS) is 13.3. The maximum Gasteiger partial charge on any atom is 0.251 e. The van der Waals surface area contributed by atoms with Gasteiger partial charge in [0, 0.05) is 12.0 Å². The smallest absolute Gasteiger partial charge is 0.251 e. The van der Waals surface area contributed by atoms with Crippen LogP contribution >= 0.6 is 23.2 Å². The second kappa shape index (κ2) is 4.66. The molecular weight excluding hydrogens is 263 g/mol. The first-order chi connectivity index (χ1) is 7.99. The molecule has 0 aliphatic rings. The van der Waals surface area contributed by atoms with Gasteiger partial charge in [0.25, 0.3) is 5.89 Å². The van der Waals surface area contributed by atoms with Crippen LogP contribution in [0.4, 0.5) is 0 Å². The molecule has 5 nitrogen and oxygen atoms in total. The Labute approximate surface area is 109 Å². The molecule has 2 rings (SSSR count). The van der Waals surface area contributed by atoms with Crippen LogP contribution in [-0.2, 0) is 0 Å². The van der Waals surface area contributed by atoms with E-state index >= 15 is 0 Å². The summed E-state index contributed by atoms with van der Waals surface area (Å²) in [6.45, 7) is 5.86. The molecule has 0 fully saturated rings. The zero-order valence-corrected chi connectivity index (χ0v) is 11.2. The van der Waals surface area contributed by atoms with Crippen LogP contribution < -0.4 is 0 Å². The minimum Gasteiger partial charge on any atom is -0.337 e. The van der Waals surface area contributed by atoms with Gasteiger partial charge in [-0.3, -0.25) is 0 Å². The highest BCUT2D eigenvalue weighted by atomic mass is 35.5. The Hall–Kier alpha value is -1.07. The third kappa shape index (κ3) is 2.45. The Morgan fingerprint density at radius 3 is 2.47 bits per heavy atom. The third-order valence-corrected chi connectivity index (χ3v) is 2.83. The van der Waals surface area contributed by atoms with E-state index in [0.29, 0.717) is 22.0 Å². The van der Waals surface area contributed by atoms with E-state index in [1.54, 1.807) is 10.7 Å². The molecular formula is C10H12Cl2N4O. The average Bonchev–Trinajstić information content (AvgIpc) is 2.84. The van der Waals surface area contributed by atoms with Crippen LogP contribution in [0.15, 0.2) is 10.6 Å². The number of aromatic nitrogens is 4. The number of hydrogen-bond donors (Lipinski definition) is 0. The fourth-order valence-electron chi connectivity index (χ4n) is 1.37. The molecule has 0 saturated heterocycles. The lowest BCUT2D eigenvalue weighted by atomic mass is 10.2. The minimum atomic E-state index is -0.241. The Bertz CT molecular complexity index is 520. The summed E-state index contributed by atoms with van der Waals surface area (Å²) in [5.41, 5.74) is 0. The number of halogens is 2. The van der Waals surface area contributed by atoms with Gasteiger partial charge in [0.1, 0.15) is 11.2 Å². The molecule has 92 valence electrons. The van der Waals surface area contributed by atoms with Crippen molar-refractivity contribution in [2.75, 3.05) is 0 Å². The molecule has 2 heterocycles. The van der Waals surface area contributed by atoms with Gasteiger partial charge in [0.2, 0.25) is 0 Å². The van der Waals surface area contributed by atoms with Crippen molar-refractivity contribution < 1.29 is 4.52 Å². The molecule has 0 saturated carbocycles. The molecule has 0 amide bonds. The van der Waals surface area contributed by atoms with Crippen molar-refractivity contribution in [1.82, 2.24) is 19.9 Å². The number of rotatable bonds is 3. The van der Waals surface area contributed by atoms with Crippen molar-refractivity contribution in [3.05, 3.63) is 28.1 Å². The Morgan fingerprint density at radius 2 is 2.00 bits per heavy atom. The quantitative estimate of drug-likeness (QED) is 0.862. The van der Waals surface area contributed by atoms with Gasteiger partial charge >= 0.3 is 0 Å². The van der Waals surface area contributed by atoms with Gasteiger partial charge in [-0.05, 0) is 6.92 Å². The van der Waals surface area contributed by atoms with E-state index < -0.39 is 0 Å². The summed E-state index contributed by atoms with van der Waals surface area (Å²) < 4.78 is 6.73. The summed E-state index contributed by atoms with van der Waals surface area (Å²) in [6.07, 6.45) is 0. The summed E-state index contributed by atoms with van der Waals surface area (Å²) in [6, 6.07) is 1.33. The van der Waals surface area contributed by atoms with E-state index in [1.807, 2.05) is 20.8 Å². The second-order valence-electron chi connectivity index (χ2n) is 4.06. The first kappa shape index (κ1) is 12.4. The van der Waals surface area contributed by atoms with E-state index in [1.165, 1.54) is 0 Å². The molecule has 2 aromatic rings. The van der Waals surface area contributed by atoms with Gasteiger partial charge in [-0.25, -0.2) is 4.68 Å². The molecule has 17 heavy (non-hydrogen) atoms. The van der Waals surface area contributed by atoms with Gasteiger partial charge in [-0.15, -0.1) is 0 Å². The van der Waals surface area contributed by atoms with Crippen LogP contribution in [0.3, 0.4) is 0 Å². The summed E-state index contributed by atoms with van der Waals surface area (Å²) >= 11 is 11.8. The molecule has 1 unspecified atom stereocenters. The molecule has 0 bridgehead atoms. The predicted octanol–water partition coefficient (Wildman–Crippen LogP) is 3.31. The molecule has 0 aliphatic carbocycles. The summed E-state index contributed by atoms with van der Waals surface area (Å²) in [5.74, 6) is 1.35. The van der Waals surface area contributed by atoms with Crippen LogP contribution in [0, 0.1) is 0 Å². The topological polar surface area (TPSA) is 56.7 Å². The number of hydrogen-bond acceptors (Lipinski definition) is 4. The Balaban J connectivity index is 2.30. The molecule has 7 heteroatoms. The first-order valence-corrected chi connectivity index (χ1v) is 5.98. The molecule has 0 aromatic carbocycles. The lowest BCUT2D eigenvalue weighted by Crippen LogP contribution is -2.09. The first-order valence-electron chi connectivity index (χ1n) is 5.23. The second-order valence-corrected chi connectivity index (χ2v) is 4.83. The maximum absolute atomic E-state index is 5.99. The van der Waals surface area contributed by atoms with Crippen molar-refractivity contribution >= 4 is 23.2 Å². The van der Waals surface area contributed by atoms with Crippen molar-refractivity contribution in [1.29, 1.82) is 0 Å². The summed E-state index contributed by atoms with van der Waals surface area (Å²) in [4.78, 5) is 4.30. The van der Waals surface area contributed by atoms with Gasteiger partial charge in [0.15, 0.2) is 11.0 Å². The van der Waals surface area contributed by atoms with Crippen molar-refractivity contribution in [3.63, 3.8) is 0 Å². The maximum atomic E-state index is 5.99. The van der Waals surface area contributed by atoms with Crippen LogP contribution in [0.1, 0.15) is 44.4 Å².